The lowest BCUT2D eigenvalue weighted by Crippen LogP contribution is -2.46. The molecule has 0 radical (unpaired) electrons. The fraction of sp³-hybridized carbons (Fsp3) is 0.353. The lowest BCUT2D eigenvalue weighted by molar-refractivity contribution is -0.132. The van der Waals surface area contributed by atoms with Crippen molar-refractivity contribution in [2.24, 2.45) is 0 Å². The van der Waals surface area contributed by atoms with Crippen LogP contribution in [0.25, 0.3) is 10.9 Å². The Morgan fingerprint density at radius 2 is 2.07 bits per heavy atom. The molecule has 0 saturated carbocycles. The number of aryl methyl sites for hydroxylation is 1. The fourth-order valence-electron chi connectivity index (χ4n) is 3.18. The Bertz CT molecular complexity index is 1020. The van der Waals surface area contributed by atoms with Crippen LogP contribution in [-0.2, 0) is 22.6 Å². The molecule has 27 heavy (non-hydrogen) atoms. The van der Waals surface area contributed by atoms with Crippen molar-refractivity contribution in [2.45, 2.75) is 19.4 Å². The average molecular weight is 387 g/mol. The van der Waals surface area contributed by atoms with Gasteiger partial charge in [0.1, 0.15) is 12.4 Å². The number of nitrogens with one attached hydrogen (secondary N) is 2. The summed E-state index contributed by atoms with van der Waals surface area (Å²) < 4.78 is 1.67. The van der Waals surface area contributed by atoms with Gasteiger partial charge in [-0.05, 0) is 24.6 Å². The van der Waals surface area contributed by atoms with Crippen LogP contribution in [0.3, 0.4) is 0 Å². The van der Waals surface area contributed by atoms with Gasteiger partial charge in [-0.1, -0.05) is 0 Å². The minimum atomic E-state index is -0.519. The first-order chi connectivity index (χ1) is 13.0. The molecule has 3 amide bonds. The van der Waals surface area contributed by atoms with Gasteiger partial charge in [0.15, 0.2) is 0 Å². The van der Waals surface area contributed by atoms with E-state index in [1.54, 1.807) is 10.6 Å². The molecular formula is C17H17N5O4S. The second-order valence-corrected chi connectivity index (χ2v) is 7.35. The van der Waals surface area contributed by atoms with E-state index in [-0.39, 0.29) is 23.6 Å². The van der Waals surface area contributed by atoms with Crippen molar-refractivity contribution in [3.05, 3.63) is 39.9 Å². The van der Waals surface area contributed by atoms with E-state index in [0.29, 0.717) is 29.1 Å². The quantitative estimate of drug-likeness (QED) is 0.695. The highest BCUT2D eigenvalue weighted by Gasteiger charge is 2.23. The van der Waals surface area contributed by atoms with Crippen molar-refractivity contribution in [2.75, 3.05) is 18.2 Å². The molecule has 10 heteroatoms. The van der Waals surface area contributed by atoms with Gasteiger partial charge in [-0.3, -0.25) is 34.6 Å². The van der Waals surface area contributed by atoms with Gasteiger partial charge >= 0.3 is 0 Å². The van der Waals surface area contributed by atoms with Gasteiger partial charge in [-0.2, -0.15) is 0 Å². The molecular weight excluding hydrogens is 370 g/mol. The number of carbonyl (C=O) groups is 3. The van der Waals surface area contributed by atoms with E-state index < -0.39 is 11.8 Å². The number of amides is 3. The van der Waals surface area contributed by atoms with Crippen molar-refractivity contribution in [3.8, 4) is 0 Å². The summed E-state index contributed by atoms with van der Waals surface area (Å²) in [6.45, 7) is 0.567. The largest absolute Gasteiger partial charge is 0.323 e. The van der Waals surface area contributed by atoms with Crippen LogP contribution >= 0.6 is 11.8 Å². The summed E-state index contributed by atoms with van der Waals surface area (Å²) in [5.41, 5.74) is 5.28. The number of nitrogens with zero attached hydrogens (tertiary/aromatic N) is 3. The molecule has 0 atom stereocenters. The second-order valence-electron chi connectivity index (χ2n) is 6.39. The number of benzene rings is 1. The van der Waals surface area contributed by atoms with E-state index in [9.17, 15) is 19.2 Å². The molecule has 0 spiro atoms. The van der Waals surface area contributed by atoms with Gasteiger partial charge in [0.2, 0.25) is 5.91 Å². The van der Waals surface area contributed by atoms with Crippen molar-refractivity contribution in [1.82, 2.24) is 25.3 Å². The molecule has 9 nitrogen and oxygen atoms in total. The van der Waals surface area contributed by atoms with Crippen LogP contribution in [0.2, 0.25) is 0 Å². The molecule has 0 unspecified atom stereocenters. The van der Waals surface area contributed by atoms with Gasteiger partial charge in [-0.15, -0.1) is 11.8 Å². The fourth-order valence-corrected chi connectivity index (χ4v) is 4.08. The number of hydrogen-bond donors (Lipinski definition) is 2. The number of fused-ring (bicyclic) bond motifs is 2. The van der Waals surface area contributed by atoms with Crippen LogP contribution < -0.4 is 16.4 Å². The predicted octanol–water partition coefficient (Wildman–Crippen LogP) is -0.363. The molecule has 1 saturated heterocycles. The smallest absolute Gasteiger partial charge is 0.269 e. The SMILES string of the molecule is O=C(CN1CSCC1=O)NNC(=O)c1ccc2c(=O)n3c(nc2c1)CCC3. The van der Waals surface area contributed by atoms with Crippen LogP contribution in [-0.4, -0.2) is 50.3 Å². The Balaban J connectivity index is 1.45. The first kappa shape index (κ1) is 17.5. The molecule has 0 aliphatic carbocycles. The molecule has 3 heterocycles. The third-order valence-electron chi connectivity index (χ3n) is 4.55. The number of hydrogen-bond acceptors (Lipinski definition) is 6. The Morgan fingerprint density at radius 3 is 2.85 bits per heavy atom. The van der Waals surface area contributed by atoms with E-state index in [1.165, 1.54) is 28.8 Å². The summed E-state index contributed by atoms with van der Waals surface area (Å²) in [6, 6.07) is 4.64. The zero-order valence-corrected chi connectivity index (χ0v) is 15.2. The predicted molar refractivity (Wildman–Crippen MR) is 99.0 cm³/mol. The number of carbonyl (C=O) groups excluding carboxylic acids is 3. The molecule has 1 aromatic carbocycles. The first-order valence-corrected chi connectivity index (χ1v) is 9.66. The topological polar surface area (TPSA) is 113 Å². The summed E-state index contributed by atoms with van der Waals surface area (Å²) in [4.78, 5) is 54.0. The van der Waals surface area contributed by atoms with Crippen LogP contribution in [0.5, 0.6) is 0 Å². The standard InChI is InChI=1S/C17H17N5O4S/c23-14(7-21-9-27-8-15(21)24)19-20-16(25)10-3-4-11-12(6-10)18-13-2-1-5-22(13)17(11)26/h3-4,6H,1-2,5,7-9H2,(H,19,23)(H,20,25). The lowest BCUT2D eigenvalue weighted by Gasteiger charge is -2.14. The second kappa shape index (κ2) is 7.03. The van der Waals surface area contributed by atoms with Crippen molar-refractivity contribution < 1.29 is 14.4 Å². The zero-order valence-electron chi connectivity index (χ0n) is 14.4. The Kier molecular flexibility index (Phi) is 4.56. The number of hydrazine groups is 1. The lowest BCUT2D eigenvalue weighted by atomic mass is 10.1. The first-order valence-electron chi connectivity index (χ1n) is 8.51. The zero-order chi connectivity index (χ0) is 19.0. The van der Waals surface area contributed by atoms with E-state index in [4.69, 9.17) is 0 Å². The van der Waals surface area contributed by atoms with Gasteiger partial charge < -0.3 is 4.90 Å². The molecule has 2 N–H and O–H groups in total. The average Bonchev–Trinajstić information content (AvgIpc) is 3.29. The van der Waals surface area contributed by atoms with Crippen LogP contribution in [0.4, 0.5) is 0 Å². The monoisotopic (exact) mass is 387 g/mol. The summed E-state index contributed by atoms with van der Waals surface area (Å²) >= 11 is 1.44. The maximum atomic E-state index is 12.4. The third-order valence-corrected chi connectivity index (χ3v) is 5.50. The summed E-state index contributed by atoms with van der Waals surface area (Å²) in [5.74, 6) is 0.473. The molecule has 0 bridgehead atoms. The number of rotatable bonds is 3. The van der Waals surface area contributed by atoms with Crippen LogP contribution in [0, 0.1) is 0 Å². The van der Waals surface area contributed by atoms with E-state index in [2.05, 4.69) is 15.8 Å². The minimum Gasteiger partial charge on any atom is -0.323 e. The highest BCUT2D eigenvalue weighted by atomic mass is 32.2. The third kappa shape index (κ3) is 3.39. The molecule has 2 aliphatic rings. The molecule has 1 fully saturated rings. The molecule has 2 aromatic rings. The summed E-state index contributed by atoms with van der Waals surface area (Å²) in [5, 5.41) is 0.464. The summed E-state index contributed by atoms with van der Waals surface area (Å²) in [6.07, 6.45) is 1.63. The minimum absolute atomic E-state index is 0.0964. The maximum Gasteiger partial charge on any atom is 0.269 e. The molecule has 2 aliphatic heterocycles. The molecule has 4 rings (SSSR count). The summed E-state index contributed by atoms with van der Waals surface area (Å²) in [7, 11) is 0. The van der Waals surface area contributed by atoms with Crippen LogP contribution in [0.15, 0.2) is 23.0 Å². The van der Waals surface area contributed by atoms with E-state index in [1.807, 2.05) is 0 Å². The van der Waals surface area contributed by atoms with Gasteiger partial charge in [0, 0.05) is 18.5 Å². The number of aromatic nitrogens is 2. The van der Waals surface area contributed by atoms with E-state index >= 15 is 0 Å². The van der Waals surface area contributed by atoms with Gasteiger partial charge in [0.25, 0.3) is 17.4 Å². The van der Waals surface area contributed by atoms with Crippen LogP contribution in [0.1, 0.15) is 22.6 Å². The normalized spacial score (nSPS) is 15.9. The van der Waals surface area contributed by atoms with Gasteiger partial charge in [-0.25, -0.2) is 4.98 Å². The molecule has 1 aromatic heterocycles. The molecule has 140 valence electrons. The highest BCUT2D eigenvalue weighted by molar-refractivity contribution is 8.00. The Hall–Kier alpha value is -2.88. The Morgan fingerprint density at radius 1 is 1.22 bits per heavy atom. The number of thioether (sulfide) groups is 1. The highest BCUT2D eigenvalue weighted by Crippen LogP contribution is 2.16. The van der Waals surface area contributed by atoms with Crippen molar-refractivity contribution in [3.63, 3.8) is 0 Å². The van der Waals surface area contributed by atoms with Crippen molar-refractivity contribution >= 4 is 40.4 Å². The Labute approximate surface area is 158 Å². The maximum absolute atomic E-state index is 12.4. The van der Waals surface area contributed by atoms with E-state index in [0.717, 1.165) is 18.7 Å². The van der Waals surface area contributed by atoms with Crippen molar-refractivity contribution in [1.29, 1.82) is 0 Å². The van der Waals surface area contributed by atoms with Gasteiger partial charge in [0.05, 0.1) is 22.5 Å².